The second kappa shape index (κ2) is 8.93. The molecule has 7 N–H and O–H groups in total. The molecule has 0 spiro atoms. The van der Waals surface area contributed by atoms with Gasteiger partial charge in [-0.2, -0.15) is 0 Å². The smallest absolute Gasteiger partial charge is 0.255 e. The van der Waals surface area contributed by atoms with Gasteiger partial charge in [0.25, 0.3) is 5.91 Å². The number of rotatable bonds is 3. The molecule has 5 atom stereocenters. The van der Waals surface area contributed by atoms with Crippen molar-refractivity contribution in [2.75, 3.05) is 20.9 Å². The molecule has 12 nitrogen and oxygen atoms in total. The van der Waals surface area contributed by atoms with Gasteiger partial charge < -0.3 is 40.7 Å². The summed E-state index contributed by atoms with van der Waals surface area (Å²) in [7, 11) is 2.95. The molecule has 12 heteroatoms. The first-order chi connectivity index (χ1) is 19.4. The van der Waals surface area contributed by atoms with Crippen molar-refractivity contribution in [2.45, 2.75) is 17.7 Å². The standard InChI is InChI=1S/C29H26N2O10/c1-31(2)22-21-24(34)18-13(8-11-6-7-15-16(9-11)41-10-40-15)12-4-3-5-14(32)17(12)23(33)19(18)26(36)29(21,39)27(37)20(25(22)35)28(30)38/h3-9,18,21-22,24,32,34-36,39H,10H2,1-2H3,(H2,30,38)/b13-8+. The van der Waals surface area contributed by atoms with Gasteiger partial charge in [0.15, 0.2) is 22.9 Å². The Bertz CT molecular complexity index is 1650. The fraction of sp³-hybridized carbons (Fsp3) is 0.276. The predicted octanol–water partition coefficient (Wildman–Crippen LogP) is 0.818. The van der Waals surface area contributed by atoms with E-state index in [4.69, 9.17) is 15.2 Å². The number of aromatic hydroxyl groups is 1. The third-order valence-corrected chi connectivity index (χ3v) is 8.25. The molecule has 6 rings (SSSR count). The lowest BCUT2D eigenvalue weighted by molar-refractivity contribution is -0.159. The molecule has 0 aromatic heterocycles. The Morgan fingerprint density at radius 1 is 1.10 bits per heavy atom. The van der Waals surface area contributed by atoms with Crippen LogP contribution in [-0.2, 0) is 9.59 Å². The molecule has 41 heavy (non-hydrogen) atoms. The number of aliphatic hydroxyl groups excluding tert-OH is 3. The number of carbonyl (C=O) groups is 3. The van der Waals surface area contributed by atoms with Gasteiger partial charge in [-0.3, -0.25) is 19.3 Å². The number of phenols is 1. The second-order valence-corrected chi connectivity index (χ2v) is 10.6. The zero-order valence-corrected chi connectivity index (χ0v) is 21.9. The molecule has 0 saturated carbocycles. The van der Waals surface area contributed by atoms with Gasteiger partial charge in [-0.1, -0.05) is 24.3 Å². The van der Waals surface area contributed by atoms with E-state index in [1.807, 2.05) is 0 Å². The average Bonchev–Trinajstić information content (AvgIpc) is 3.38. The molecular formula is C29H26N2O10. The normalized spacial score (nSPS) is 29.5. The van der Waals surface area contributed by atoms with Crippen LogP contribution in [0.4, 0.5) is 0 Å². The lowest BCUT2D eigenvalue weighted by Crippen LogP contribution is -2.68. The Labute approximate surface area is 232 Å². The molecule has 2 aromatic rings. The van der Waals surface area contributed by atoms with Crippen molar-refractivity contribution in [1.29, 1.82) is 0 Å². The number of amides is 1. The molecule has 1 heterocycles. The first-order valence-electron chi connectivity index (χ1n) is 12.7. The molecule has 0 bridgehead atoms. The van der Waals surface area contributed by atoms with Crippen LogP contribution in [0.1, 0.15) is 21.5 Å². The third kappa shape index (κ3) is 3.48. The maximum absolute atomic E-state index is 13.9. The zero-order valence-electron chi connectivity index (χ0n) is 21.9. The van der Waals surface area contributed by atoms with E-state index in [0.717, 1.165) is 0 Å². The molecule has 212 valence electrons. The van der Waals surface area contributed by atoms with Gasteiger partial charge in [-0.15, -0.1) is 0 Å². The van der Waals surface area contributed by atoms with Crippen LogP contribution in [0, 0.1) is 11.8 Å². The fourth-order valence-corrected chi connectivity index (χ4v) is 6.50. The van der Waals surface area contributed by atoms with Crippen LogP contribution in [0.25, 0.3) is 11.6 Å². The first kappa shape index (κ1) is 26.6. The quantitative estimate of drug-likeness (QED) is 0.289. The molecule has 1 amide bonds. The van der Waals surface area contributed by atoms with Gasteiger partial charge in [0.2, 0.25) is 12.6 Å². The number of carbonyl (C=O) groups excluding carboxylic acids is 3. The number of nitrogens with two attached hydrogens (primary N) is 1. The van der Waals surface area contributed by atoms with E-state index in [-0.39, 0.29) is 23.5 Å². The Balaban J connectivity index is 1.65. The van der Waals surface area contributed by atoms with Crippen molar-refractivity contribution < 1.29 is 49.4 Å². The summed E-state index contributed by atoms with van der Waals surface area (Å²) in [5, 5.41) is 57.1. The minimum absolute atomic E-state index is 0.0349. The number of ether oxygens (including phenoxy) is 2. The van der Waals surface area contributed by atoms with Crippen LogP contribution in [0.5, 0.6) is 17.2 Å². The number of nitrogens with zero attached hydrogens (tertiary/aromatic N) is 1. The first-order valence-corrected chi connectivity index (χ1v) is 12.7. The third-order valence-electron chi connectivity index (χ3n) is 8.25. The summed E-state index contributed by atoms with van der Waals surface area (Å²) in [6.07, 6.45) is -0.142. The number of hydrogen-bond acceptors (Lipinski definition) is 11. The van der Waals surface area contributed by atoms with E-state index in [1.165, 1.54) is 31.1 Å². The number of fused-ring (bicyclic) bond motifs is 4. The van der Waals surface area contributed by atoms with Crippen LogP contribution in [0.2, 0.25) is 0 Å². The summed E-state index contributed by atoms with van der Waals surface area (Å²) in [5.41, 5.74) is 1.74. The Morgan fingerprint density at radius 3 is 2.49 bits per heavy atom. The van der Waals surface area contributed by atoms with Crippen LogP contribution < -0.4 is 15.2 Å². The SMILES string of the molecule is CN(C)C1C(O)=C(C(N)=O)C(=O)C2(O)C(O)=C3C(=O)c4c(O)cccc4/C(=C\c4ccc5c(c4)OCO5)C3C(O)C12. The van der Waals surface area contributed by atoms with Crippen LogP contribution >= 0.6 is 0 Å². The van der Waals surface area contributed by atoms with Gasteiger partial charge in [0.1, 0.15) is 22.8 Å². The van der Waals surface area contributed by atoms with Crippen molar-refractivity contribution >= 4 is 29.1 Å². The fourth-order valence-electron chi connectivity index (χ4n) is 6.50. The molecule has 0 radical (unpaired) electrons. The van der Waals surface area contributed by atoms with E-state index in [9.17, 15) is 39.9 Å². The van der Waals surface area contributed by atoms with Crippen molar-refractivity contribution in [3.8, 4) is 17.2 Å². The van der Waals surface area contributed by atoms with E-state index in [0.29, 0.717) is 17.1 Å². The number of primary amides is 1. The van der Waals surface area contributed by atoms with Crippen LogP contribution in [0.3, 0.4) is 0 Å². The van der Waals surface area contributed by atoms with Gasteiger partial charge in [-0.05, 0) is 49.0 Å². The highest BCUT2D eigenvalue weighted by atomic mass is 16.7. The Kier molecular flexibility index (Phi) is 5.79. The number of likely N-dealkylation sites (N-methyl/N-ethyl adjacent to an activating group) is 1. The van der Waals surface area contributed by atoms with E-state index in [1.54, 1.807) is 30.3 Å². The number of benzene rings is 2. The number of Topliss-reactive ketones (excluding diaryl/α,β-unsaturated/α-hetero) is 2. The molecule has 0 saturated heterocycles. The summed E-state index contributed by atoms with van der Waals surface area (Å²) < 4.78 is 10.8. The molecule has 5 unspecified atom stereocenters. The second-order valence-electron chi connectivity index (χ2n) is 10.6. The maximum Gasteiger partial charge on any atom is 0.255 e. The number of phenolic OH excluding ortho intramolecular Hbond substituents is 1. The summed E-state index contributed by atoms with van der Waals surface area (Å²) >= 11 is 0. The highest BCUT2D eigenvalue weighted by Gasteiger charge is 2.67. The minimum atomic E-state index is -3.00. The molecule has 3 aliphatic carbocycles. The Hall–Kier alpha value is -4.65. The van der Waals surface area contributed by atoms with Gasteiger partial charge >= 0.3 is 0 Å². The largest absolute Gasteiger partial charge is 0.510 e. The Morgan fingerprint density at radius 2 is 1.80 bits per heavy atom. The highest BCUT2D eigenvalue weighted by Crippen LogP contribution is 2.55. The molecule has 0 fully saturated rings. The number of ketones is 2. The van der Waals surface area contributed by atoms with Crippen LogP contribution in [0.15, 0.2) is 59.1 Å². The van der Waals surface area contributed by atoms with E-state index < -0.39 is 75.5 Å². The van der Waals surface area contributed by atoms with Gasteiger partial charge in [0, 0.05) is 5.92 Å². The summed E-state index contributed by atoms with van der Waals surface area (Å²) in [6, 6.07) is 8.01. The number of aliphatic hydroxyl groups is 4. The predicted molar refractivity (Wildman–Crippen MR) is 142 cm³/mol. The van der Waals surface area contributed by atoms with Crippen molar-refractivity contribution in [3.05, 3.63) is 75.8 Å². The zero-order chi connectivity index (χ0) is 29.5. The maximum atomic E-state index is 13.9. The molecular weight excluding hydrogens is 536 g/mol. The summed E-state index contributed by atoms with van der Waals surface area (Å²) in [4.78, 5) is 41.0. The van der Waals surface area contributed by atoms with Crippen molar-refractivity contribution in [3.63, 3.8) is 0 Å². The monoisotopic (exact) mass is 562 g/mol. The van der Waals surface area contributed by atoms with Crippen molar-refractivity contribution in [1.82, 2.24) is 4.90 Å². The summed E-state index contributed by atoms with van der Waals surface area (Å²) in [5.74, 6) is -8.04. The van der Waals surface area contributed by atoms with Gasteiger partial charge in [0.05, 0.1) is 29.2 Å². The van der Waals surface area contributed by atoms with Crippen molar-refractivity contribution in [2.24, 2.45) is 17.6 Å². The highest BCUT2D eigenvalue weighted by molar-refractivity contribution is 6.25. The van der Waals surface area contributed by atoms with Gasteiger partial charge in [-0.25, -0.2) is 0 Å². The lowest BCUT2D eigenvalue weighted by Gasteiger charge is -2.52. The average molecular weight is 563 g/mol. The topological polar surface area (TPSA) is 200 Å². The minimum Gasteiger partial charge on any atom is -0.510 e. The molecule has 1 aliphatic heterocycles. The molecule has 4 aliphatic rings. The van der Waals surface area contributed by atoms with Crippen LogP contribution in [-0.4, -0.2) is 86.5 Å². The lowest BCUT2D eigenvalue weighted by atomic mass is 9.56. The number of hydrogen-bond donors (Lipinski definition) is 6. The van der Waals surface area contributed by atoms with E-state index in [2.05, 4.69) is 0 Å². The molecule has 2 aromatic carbocycles. The van der Waals surface area contributed by atoms with E-state index >= 15 is 0 Å². The summed E-state index contributed by atoms with van der Waals surface area (Å²) in [6.45, 7) is 0.0349.